The molecule has 1 aromatic heterocycles. The van der Waals surface area contributed by atoms with Gasteiger partial charge < -0.3 is 15.4 Å². The molecule has 2 rings (SSSR count). The summed E-state index contributed by atoms with van der Waals surface area (Å²) < 4.78 is 7.32. The van der Waals surface area contributed by atoms with Gasteiger partial charge in [0.15, 0.2) is 5.69 Å². The van der Waals surface area contributed by atoms with Gasteiger partial charge in [-0.15, -0.1) is 5.10 Å². The van der Waals surface area contributed by atoms with Crippen LogP contribution in [0.1, 0.15) is 54.8 Å². The van der Waals surface area contributed by atoms with E-state index in [2.05, 4.69) is 27.9 Å². The van der Waals surface area contributed by atoms with E-state index >= 15 is 0 Å². The van der Waals surface area contributed by atoms with Crippen LogP contribution in [0.2, 0.25) is 0 Å². The van der Waals surface area contributed by atoms with Crippen LogP contribution in [0.15, 0.2) is 0 Å². The third-order valence-corrected chi connectivity index (χ3v) is 3.97. The lowest BCUT2D eigenvalue weighted by Gasteiger charge is -2.23. The number of nitrogens with one attached hydrogen (secondary N) is 2. The molecule has 1 fully saturated rings. The standard InChI is InChI=1S/C15H27N5O2/c1-3-4-10-22-11-9-17-15(21)14-12(2)20(19-18-14)13-5-7-16-8-6-13/h13,16H,3-11H2,1-2H3,(H,17,21). The van der Waals surface area contributed by atoms with Gasteiger partial charge in [0.1, 0.15) is 0 Å². The average molecular weight is 309 g/mol. The van der Waals surface area contributed by atoms with Crippen LogP contribution >= 0.6 is 0 Å². The van der Waals surface area contributed by atoms with Crippen LogP contribution in [0, 0.1) is 6.92 Å². The van der Waals surface area contributed by atoms with E-state index in [0.717, 1.165) is 51.1 Å². The minimum absolute atomic E-state index is 0.170. The Morgan fingerprint density at radius 3 is 2.91 bits per heavy atom. The van der Waals surface area contributed by atoms with Gasteiger partial charge in [-0.1, -0.05) is 18.6 Å². The second-order valence-corrected chi connectivity index (χ2v) is 5.67. The Hall–Kier alpha value is -1.47. The number of ether oxygens (including phenoxy) is 1. The molecule has 0 aliphatic carbocycles. The number of amides is 1. The second-order valence-electron chi connectivity index (χ2n) is 5.67. The molecular formula is C15H27N5O2. The van der Waals surface area contributed by atoms with Crippen molar-refractivity contribution in [3.63, 3.8) is 0 Å². The summed E-state index contributed by atoms with van der Waals surface area (Å²) in [6, 6.07) is 0.340. The first-order valence-electron chi connectivity index (χ1n) is 8.22. The van der Waals surface area contributed by atoms with E-state index in [1.54, 1.807) is 0 Å². The first kappa shape index (κ1) is 16.9. The van der Waals surface area contributed by atoms with Gasteiger partial charge in [0.05, 0.1) is 18.3 Å². The monoisotopic (exact) mass is 309 g/mol. The second kappa shape index (κ2) is 8.85. The molecule has 22 heavy (non-hydrogen) atoms. The highest BCUT2D eigenvalue weighted by molar-refractivity contribution is 5.93. The lowest BCUT2D eigenvalue weighted by atomic mass is 10.1. The number of nitrogens with zero attached hydrogens (tertiary/aromatic N) is 3. The Bertz CT molecular complexity index is 468. The highest BCUT2D eigenvalue weighted by Gasteiger charge is 2.22. The molecule has 7 heteroatoms. The van der Waals surface area contributed by atoms with Crippen molar-refractivity contribution in [2.45, 2.75) is 45.6 Å². The van der Waals surface area contributed by atoms with Gasteiger partial charge in [0.2, 0.25) is 0 Å². The molecule has 0 aromatic carbocycles. The number of carbonyl (C=O) groups is 1. The van der Waals surface area contributed by atoms with Crippen LogP contribution in [-0.4, -0.2) is 53.7 Å². The predicted octanol–water partition coefficient (Wildman–Crippen LogP) is 1.06. The summed E-state index contributed by atoms with van der Waals surface area (Å²) in [5.41, 5.74) is 1.27. The van der Waals surface area contributed by atoms with Crippen molar-refractivity contribution in [3.05, 3.63) is 11.4 Å². The van der Waals surface area contributed by atoms with Gasteiger partial charge in [0, 0.05) is 13.2 Å². The zero-order valence-electron chi connectivity index (χ0n) is 13.6. The van der Waals surface area contributed by atoms with Gasteiger partial charge in [-0.05, 0) is 39.3 Å². The maximum atomic E-state index is 12.2. The third-order valence-electron chi connectivity index (χ3n) is 3.97. The van der Waals surface area contributed by atoms with E-state index in [9.17, 15) is 4.79 Å². The van der Waals surface area contributed by atoms with Crippen LogP contribution in [0.5, 0.6) is 0 Å². The van der Waals surface area contributed by atoms with Crippen LogP contribution in [0.25, 0.3) is 0 Å². The molecule has 1 aliphatic rings. The molecule has 0 atom stereocenters. The van der Waals surface area contributed by atoms with Crippen molar-refractivity contribution >= 4 is 5.91 Å². The SMILES string of the molecule is CCCCOCCNC(=O)c1nnn(C2CCNCC2)c1C. The molecule has 0 spiro atoms. The van der Waals surface area contributed by atoms with Crippen LogP contribution in [-0.2, 0) is 4.74 Å². The van der Waals surface area contributed by atoms with E-state index in [-0.39, 0.29) is 5.91 Å². The molecule has 124 valence electrons. The molecule has 1 aromatic rings. The van der Waals surface area contributed by atoms with Crippen molar-refractivity contribution < 1.29 is 9.53 Å². The van der Waals surface area contributed by atoms with Crippen LogP contribution in [0.4, 0.5) is 0 Å². The lowest BCUT2D eigenvalue weighted by Crippen LogP contribution is -2.31. The average Bonchev–Trinajstić information content (AvgIpc) is 2.93. The highest BCUT2D eigenvalue weighted by atomic mass is 16.5. The molecule has 2 heterocycles. The minimum atomic E-state index is -0.170. The van der Waals surface area contributed by atoms with E-state index < -0.39 is 0 Å². The van der Waals surface area contributed by atoms with Crippen molar-refractivity contribution in [2.75, 3.05) is 32.8 Å². The zero-order chi connectivity index (χ0) is 15.8. The normalized spacial score (nSPS) is 15.9. The fourth-order valence-corrected chi connectivity index (χ4v) is 2.62. The molecule has 0 bridgehead atoms. The number of unbranched alkanes of at least 4 members (excludes halogenated alkanes) is 1. The molecule has 1 amide bonds. The Morgan fingerprint density at radius 1 is 1.41 bits per heavy atom. The molecule has 7 nitrogen and oxygen atoms in total. The Labute approximate surface area is 131 Å². The first-order valence-corrected chi connectivity index (χ1v) is 8.22. The largest absolute Gasteiger partial charge is 0.380 e. The van der Waals surface area contributed by atoms with E-state index in [0.29, 0.717) is 24.9 Å². The Morgan fingerprint density at radius 2 is 2.18 bits per heavy atom. The third kappa shape index (κ3) is 4.51. The van der Waals surface area contributed by atoms with Gasteiger partial charge in [-0.3, -0.25) is 4.79 Å². The van der Waals surface area contributed by atoms with Gasteiger partial charge in [-0.25, -0.2) is 4.68 Å². The number of hydrogen-bond donors (Lipinski definition) is 2. The number of rotatable bonds is 8. The summed E-state index contributed by atoms with van der Waals surface area (Å²) >= 11 is 0. The number of piperidine rings is 1. The smallest absolute Gasteiger partial charge is 0.273 e. The molecule has 1 saturated heterocycles. The molecule has 0 radical (unpaired) electrons. The van der Waals surface area contributed by atoms with Gasteiger partial charge in [0.25, 0.3) is 5.91 Å². The molecular weight excluding hydrogens is 282 g/mol. The molecule has 0 unspecified atom stereocenters. The molecule has 2 N–H and O–H groups in total. The fourth-order valence-electron chi connectivity index (χ4n) is 2.62. The quantitative estimate of drug-likeness (QED) is 0.702. The molecule has 0 saturated carbocycles. The van der Waals surface area contributed by atoms with E-state index in [4.69, 9.17) is 4.74 Å². The number of hydrogen-bond acceptors (Lipinski definition) is 5. The zero-order valence-corrected chi connectivity index (χ0v) is 13.6. The van der Waals surface area contributed by atoms with Gasteiger partial charge >= 0.3 is 0 Å². The van der Waals surface area contributed by atoms with Crippen LogP contribution < -0.4 is 10.6 Å². The van der Waals surface area contributed by atoms with Crippen molar-refractivity contribution in [3.8, 4) is 0 Å². The summed E-state index contributed by atoms with van der Waals surface area (Å²) in [7, 11) is 0. The maximum absolute atomic E-state index is 12.2. The van der Waals surface area contributed by atoms with Gasteiger partial charge in [-0.2, -0.15) is 0 Å². The van der Waals surface area contributed by atoms with E-state index in [1.807, 2.05) is 11.6 Å². The Balaban J connectivity index is 1.81. The topological polar surface area (TPSA) is 81.1 Å². The van der Waals surface area contributed by atoms with Crippen molar-refractivity contribution in [1.82, 2.24) is 25.6 Å². The summed E-state index contributed by atoms with van der Waals surface area (Å²) in [5, 5.41) is 14.4. The minimum Gasteiger partial charge on any atom is -0.380 e. The summed E-state index contributed by atoms with van der Waals surface area (Å²) in [6.07, 6.45) is 4.22. The van der Waals surface area contributed by atoms with Crippen molar-refractivity contribution in [2.24, 2.45) is 0 Å². The highest BCUT2D eigenvalue weighted by Crippen LogP contribution is 2.20. The Kier molecular flexibility index (Phi) is 6.79. The maximum Gasteiger partial charge on any atom is 0.273 e. The summed E-state index contributed by atoms with van der Waals surface area (Å²) in [6.45, 7) is 7.79. The van der Waals surface area contributed by atoms with Crippen molar-refractivity contribution in [1.29, 1.82) is 0 Å². The van der Waals surface area contributed by atoms with Crippen LogP contribution in [0.3, 0.4) is 0 Å². The summed E-state index contributed by atoms with van der Waals surface area (Å²) in [5.74, 6) is -0.170. The number of carbonyl (C=O) groups excluding carboxylic acids is 1. The predicted molar refractivity (Wildman–Crippen MR) is 84.0 cm³/mol. The first-order chi connectivity index (χ1) is 10.7. The molecule has 1 aliphatic heterocycles. The fraction of sp³-hybridized carbons (Fsp3) is 0.800. The van der Waals surface area contributed by atoms with E-state index in [1.165, 1.54) is 0 Å². The lowest BCUT2D eigenvalue weighted by molar-refractivity contribution is 0.0907. The summed E-state index contributed by atoms with van der Waals surface area (Å²) in [4.78, 5) is 12.2. The number of aromatic nitrogens is 3.